The number of amides is 1. The maximum absolute atomic E-state index is 13.0. The molecule has 134 valence electrons. The summed E-state index contributed by atoms with van der Waals surface area (Å²) >= 11 is 0. The van der Waals surface area contributed by atoms with Gasteiger partial charge in [-0.25, -0.2) is 4.98 Å². The summed E-state index contributed by atoms with van der Waals surface area (Å²) in [5, 5.41) is 2.96. The maximum atomic E-state index is 13.0. The maximum Gasteiger partial charge on any atom is 0.294 e. The zero-order valence-electron chi connectivity index (χ0n) is 15.0. The first-order chi connectivity index (χ1) is 12.1. The summed E-state index contributed by atoms with van der Waals surface area (Å²) in [6.45, 7) is 6.13. The van der Waals surface area contributed by atoms with Crippen LogP contribution in [0.5, 0.6) is 0 Å². The highest BCUT2D eigenvalue weighted by atomic mass is 16.2. The van der Waals surface area contributed by atoms with Crippen LogP contribution in [0.4, 0.5) is 5.82 Å². The van der Waals surface area contributed by atoms with Crippen LogP contribution in [0.15, 0.2) is 29.1 Å². The number of rotatable bonds is 6. The summed E-state index contributed by atoms with van der Waals surface area (Å²) < 4.78 is 1.70. The molecule has 1 aromatic carbocycles. The van der Waals surface area contributed by atoms with E-state index in [9.17, 15) is 9.59 Å². The molecule has 0 bridgehead atoms. The average Bonchev–Trinajstić information content (AvgIpc) is 3.14. The number of anilines is 1. The molecule has 25 heavy (non-hydrogen) atoms. The summed E-state index contributed by atoms with van der Waals surface area (Å²) in [6, 6.07) is 7.79. The Labute approximate surface area is 147 Å². The molecule has 1 amide bonds. The van der Waals surface area contributed by atoms with Gasteiger partial charge in [-0.3, -0.25) is 9.59 Å². The van der Waals surface area contributed by atoms with Crippen molar-refractivity contribution in [2.75, 3.05) is 18.0 Å². The van der Waals surface area contributed by atoms with E-state index < -0.39 is 0 Å². The predicted molar refractivity (Wildman–Crippen MR) is 100.0 cm³/mol. The second kappa shape index (κ2) is 7.68. The molecule has 1 fully saturated rings. The predicted octanol–water partition coefficient (Wildman–Crippen LogP) is 2.30. The van der Waals surface area contributed by atoms with Crippen molar-refractivity contribution in [2.24, 2.45) is 0 Å². The fraction of sp³-hybridized carbons (Fsp3) is 0.526. The van der Waals surface area contributed by atoms with Gasteiger partial charge < -0.3 is 14.8 Å². The topological polar surface area (TPSA) is 67.2 Å². The third-order valence-electron chi connectivity index (χ3n) is 4.82. The number of fused-ring (bicyclic) bond motifs is 1. The average molecular weight is 342 g/mol. The van der Waals surface area contributed by atoms with Crippen LogP contribution >= 0.6 is 0 Å². The van der Waals surface area contributed by atoms with Crippen molar-refractivity contribution in [2.45, 2.75) is 52.1 Å². The molecule has 1 saturated heterocycles. The first-order valence-corrected chi connectivity index (χ1v) is 9.14. The molecule has 1 N–H and O–H groups in total. The van der Waals surface area contributed by atoms with Crippen molar-refractivity contribution < 1.29 is 4.79 Å². The highest BCUT2D eigenvalue weighted by Crippen LogP contribution is 2.18. The SMILES string of the molecule is CCC(C)NC(=O)CCn1c(=O)c(N2CCCC2)nc2ccccc21. The second-order valence-corrected chi connectivity index (χ2v) is 6.70. The molecule has 2 aromatic rings. The van der Waals surface area contributed by atoms with Gasteiger partial charge in [0.15, 0.2) is 5.82 Å². The second-order valence-electron chi connectivity index (χ2n) is 6.70. The van der Waals surface area contributed by atoms with E-state index in [1.54, 1.807) is 4.57 Å². The number of carbonyl (C=O) groups excluding carboxylic acids is 1. The van der Waals surface area contributed by atoms with Crippen molar-refractivity contribution in [3.63, 3.8) is 0 Å². The van der Waals surface area contributed by atoms with Gasteiger partial charge in [0.2, 0.25) is 5.91 Å². The molecule has 0 spiro atoms. The summed E-state index contributed by atoms with van der Waals surface area (Å²) in [5.74, 6) is 0.489. The van der Waals surface area contributed by atoms with E-state index in [2.05, 4.69) is 15.2 Å². The number of hydrogen-bond acceptors (Lipinski definition) is 4. The molecule has 1 atom stereocenters. The van der Waals surface area contributed by atoms with E-state index in [0.717, 1.165) is 43.4 Å². The lowest BCUT2D eigenvalue weighted by Gasteiger charge is -2.19. The Morgan fingerprint density at radius 2 is 2.00 bits per heavy atom. The number of nitrogens with zero attached hydrogens (tertiary/aromatic N) is 3. The Balaban J connectivity index is 1.91. The van der Waals surface area contributed by atoms with Gasteiger partial charge in [-0.1, -0.05) is 19.1 Å². The largest absolute Gasteiger partial charge is 0.354 e. The molecule has 6 heteroatoms. The number of hydrogen-bond donors (Lipinski definition) is 1. The minimum Gasteiger partial charge on any atom is -0.354 e. The van der Waals surface area contributed by atoms with Crippen molar-refractivity contribution in [3.05, 3.63) is 34.6 Å². The number of carbonyl (C=O) groups is 1. The van der Waals surface area contributed by atoms with E-state index in [1.807, 2.05) is 38.1 Å². The lowest BCUT2D eigenvalue weighted by atomic mass is 10.2. The molecular formula is C19H26N4O2. The minimum absolute atomic E-state index is 0.0233. The van der Waals surface area contributed by atoms with E-state index >= 15 is 0 Å². The van der Waals surface area contributed by atoms with Gasteiger partial charge in [0.25, 0.3) is 5.56 Å². The van der Waals surface area contributed by atoms with Gasteiger partial charge in [0, 0.05) is 32.1 Å². The van der Waals surface area contributed by atoms with E-state index in [-0.39, 0.29) is 23.9 Å². The molecule has 1 aliphatic heterocycles. The number of nitrogens with one attached hydrogen (secondary N) is 1. The number of aryl methyl sites for hydroxylation is 1. The van der Waals surface area contributed by atoms with Crippen LogP contribution in [0.3, 0.4) is 0 Å². The van der Waals surface area contributed by atoms with Gasteiger partial charge >= 0.3 is 0 Å². The number of benzene rings is 1. The molecule has 1 aromatic heterocycles. The number of para-hydroxylation sites is 2. The van der Waals surface area contributed by atoms with Crippen LogP contribution in [-0.4, -0.2) is 34.6 Å². The monoisotopic (exact) mass is 342 g/mol. The van der Waals surface area contributed by atoms with E-state index in [0.29, 0.717) is 12.4 Å². The van der Waals surface area contributed by atoms with Crippen molar-refractivity contribution in [3.8, 4) is 0 Å². The molecule has 3 rings (SSSR count). The quantitative estimate of drug-likeness (QED) is 0.875. The van der Waals surface area contributed by atoms with Crippen LogP contribution in [0.25, 0.3) is 11.0 Å². The van der Waals surface area contributed by atoms with Crippen LogP contribution in [0, 0.1) is 0 Å². The summed E-state index contributed by atoms with van der Waals surface area (Å²) in [7, 11) is 0. The zero-order chi connectivity index (χ0) is 17.8. The first kappa shape index (κ1) is 17.5. The third-order valence-corrected chi connectivity index (χ3v) is 4.82. The Kier molecular flexibility index (Phi) is 5.36. The van der Waals surface area contributed by atoms with E-state index in [1.165, 1.54) is 0 Å². The summed E-state index contributed by atoms with van der Waals surface area (Å²) in [4.78, 5) is 31.8. The van der Waals surface area contributed by atoms with Crippen molar-refractivity contribution >= 4 is 22.8 Å². The Bertz CT molecular complexity index is 809. The Morgan fingerprint density at radius 1 is 1.28 bits per heavy atom. The molecule has 2 heterocycles. The molecule has 0 aliphatic carbocycles. The van der Waals surface area contributed by atoms with Crippen molar-refractivity contribution in [1.82, 2.24) is 14.9 Å². The van der Waals surface area contributed by atoms with Crippen molar-refractivity contribution in [1.29, 1.82) is 0 Å². The van der Waals surface area contributed by atoms with Gasteiger partial charge in [-0.05, 0) is 38.3 Å². The zero-order valence-corrected chi connectivity index (χ0v) is 15.0. The van der Waals surface area contributed by atoms with Gasteiger partial charge in [0.05, 0.1) is 11.0 Å². The molecule has 0 radical (unpaired) electrons. The Morgan fingerprint density at radius 3 is 2.72 bits per heavy atom. The molecule has 6 nitrogen and oxygen atoms in total. The van der Waals surface area contributed by atoms with E-state index in [4.69, 9.17) is 0 Å². The van der Waals surface area contributed by atoms with Gasteiger partial charge in [-0.15, -0.1) is 0 Å². The lowest BCUT2D eigenvalue weighted by Crippen LogP contribution is -2.35. The smallest absolute Gasteiger partial charge is 0.294 e. The van der Waals surface area contributed by atoms with Crippen LogP contribution in [0.1, 0.15) is 39.5 Å². The normalized spacial score (nSPS) is 15.5. The first-order valence-electron chi connectivity index (χ1n) is 9.14. The molecular weight excluding hydrogens is 316 g/mol. The molecule has 0 saturated carbocycles. The highest BCUT2D eigenvalue weighted by Gasteiger charge is 2.20. The summed E-state index contributed by atoms with van der Waals surface area (Å²) in [6.07, 6.45) is 3.36. The van der Waals surface area contributed by atoms with Crippen LogP contribution in [0.2, 0.25) is 0 Å². The molecule has 1 unspecified atom stereocenters. The summed E-state index contributed by atoms with van der Waals surface area (Å²) in [5.41, 5.74) is 1.48. The Hall–Kier alpha value is -2.37. The minimum atomic E-state index is -0.100. The fourth-order valence-electron chi connectivity index (χ4n) is 3.20. The fourth-order valence-corrected chi connectivity index (χ4v) is 3.20. The number of aromatic nitrogens is 2. The lowest BCUT2D eigenvalue weighted by molar-refractivity contribution is -0.121. The van der Waals surface area contributed by atoms with Gasteiger partial charge in [0.1, 0.15) is 0 Å². The highest BCUT2D eigenvalue weighted by molar-refractivity contribution is 5.78. The molecule has 1 aliphatic rings. The third kappa shape index (κ3) is 3.83. The van der Waals surface area contributed by atoms with Gasteiger partial charge in [-0.2, -0.15) is 0 Å². The van der Waals surface area contributed by atoms with Crippen LogP contribution < -0.4 is 15.8 Å². The van der Waals surface area contributed by atoms with Crippen LogP contribution in [-0.2, 0) is 11.3 Å². The standard InChI is InChI=1S/C19H26N4O2/c1-3-14(2)20-17(24)10-13-23-16-9-5-4-8-15(16)21-18(19(23)25)22-11-6-7-12-22/h4-5,8-9,14H,3,6-7,10-13H2,1-2H3,(H,20,24).